The third-order valence-electron chi connectivity index (χ3n) is 2.60. The van der Waals surface area contributed by atoms with E-state index < -0.39 is 10.0 Å². The molecule has 0 atom stereocenters. The number of aryl methyl sites for hydroxylation is 1. The Kier molecular flexibility index (Phi) is 4.84. The van der Waals surface area contributed by atoms with Crippen molar-refractivity contribution in [3.63, 3.8) is 0 Å². The Balaban J connectivity index is 2.40. The van der Waals surface area contributed by atoms with E-state index in [-0.39, 0.29) is 9.92 Å². The number of hydrogen-bond donors (Lipinski definition) is 1. The Labute approximate surface area is 141 Å². The van der Waals surface area contributed by atoms with Gasteiger partial charge in [-0.1, -0.05) is 23.2 Å². The molecule has 0 heterocycles. The standard InChI is InChI=1S/C13H10Cl2INO2S/c1-8-6-11(14)12(15)7-13(8)20(18,19)17-10-4-2-9(16)3-5-10/h2-7,17H,1H3. The lowest BCUT2D eigenvalue weighted by Crippen LogP contribution is -2.14. The normalized spacial score (nSPS) is 11.4. The summed E-state index contributed by atoms with van der Waals surface area (Å²) in [6.45, 7) is 1.67. The van der Waals surface area contributed by atoms with Crippen LogP contribution in [0.1, 0.15) is 5.56 Å². The highest BCUT2D eigenvalue weighted by Gasteiger charge is 2.18. The first-order valence-electron chi connectivity index (χ1n) is 5.53. The summed E-state index contributed by atoms with van der Waals surface area (Å²) < 4.78 is 28.3. The first-order chi connectivity index (χ1) is 9.29. The summed E-state index contributed by atoms with van der Waals surface area (Å²) in [5.41, 5.74) is 1.04. The van der Waals surface area contributed by atoms with Crippen LogP contribution in [-0.4, -0.2) is 8.42 Å². The smallest absolute Gasteiger partial charge is 0.262 e. The summed E-state index contributed by atoms with van der Waals surface area (Å²) in [7, 11) is -3.69. The molecule has 0 fully saturated rings. The predicted molar refractivity (Wildman–Crippen MR) is 91.2 cm³/mol. The van der Waals surface area contributed by atoms with Crippen molar-refractivity contribution in [2.24, 2.45) is 0 Å². The van der Waals surface area contributed by atoms with Crippen molar-refractivity contribution in [3.8, 4) is 0 Å². The fourth-order valence-electron chi connectivity index (χ4n) is 1.65. The molecule has 7 heteroatoms. The van der Waals surface area contributed by atoms with Gasteiger partial charge in [0.05, 0.1) is 14.9 Å². The maximum Gasteiger partial charge on any atom is 0.262 e. The fourth-order valence-corrected chi connectivity index (χ4v) is 3.76. The van der Waals surface area contributed by atoms with Crippen LogP contribution >= 0.6 is 45.8 Å². The molecule has 0 saturated carbocycles. The molecule has 1 N–H and O–H groups in total. The number of benzene rings is 2. The van der Waals surface area contributed by atoms with E-state index in [0.29, 0.717) is 16.3 Å². The highest BCUT2D eigenvalue weighted by Crippen LogP contribution is 2.29. The molecule has 0 spiro atoms. The van der Waals surface area contributed by atoms with Crippen molar-refractivity contribution in [2.45, 2.75) is 11.8 Å². The third kappa shape index (κ3) is 3.58. The van der Waals surface area contributed by atoms with Crippen LogP contribution in [0, 0.1) is 10.5 Å². The minimum absolute atomic E-state index is 0.116. The van der Waals surface area contributed by atoms with Gasteiger partial charge < -0.3 is 0 Å². The summed E-state index contributed by atoms with van der Waals surface area (Å²) in [4.78, 5) is 0.116. The maximum atomic E-state index is 12.4. The SMILES string of the molecule is Cc1cc(Cl)c(Cl)cc1S(=O)(=O)Nc1ccc(I)cc1. The van der Waals surface area contributed by atoms with Gasteiger partial charge in [-0.2, -0.15) is 0 Å². The lowest BCUT2D eigenvalue weighted by atomic mass is 10.2. The van der Waals surface area contributed by atoms with Crippen molar-refractivity contribution < 1.29 is 8.42 Å². The topological polar surface area (TPSA) is 46.2 Å². The van der Waals surface area contributed by atoms with E-state index in [1.807, 2.05) is 12.1 Å². The Morgan fingerprint density at radius 3 is 2.20 bits per heavy atom. The average molecular weight is 442 g/mol. The molecule has 0 amide bonds. The highest BCUT2D eigenvalue weighted by atomic mass is 127. The third-order valence-corrected chi connectivity index (χ3v) is 5.57. The first kappa shape index (κ1) is 15.9. The summed E-state index contributed by atoms with van der Waals surface area (Å²) >= 11 is 13.9. The maximum absolute atomic E-state index is 12.4. The summed E-state index contributed by atoms with van der Waals surface area (Å²) in [5.74, 6) is 0. The van der Waals surface area contributed by atoms with E-state index in [2.05, 4.69) is 27.3 Å². The van der Waals surface area contributed by atoms with Crippen LogP contribution in [0.4, 0.5) is 5.69 Å². The molecular weight excluding hydrogens is 432 g/mol. The molecular formula is C13H10Cl2INO2S. The van der Waals surface area contributed by atoms with Crippen molar-refractivity contribution in [1.82, 2.24) is 0 Å². The van der Waals surface area contributed by atoms with E-state index in [1.165, 1.54) is 12.1 Å². The van der Waals surface area contributed by atoms with Gasteiger partial charge in [-0.3, -0.25) is 4.72 Å². The molecule has 2 aromatic rings. The quantitative estimate of drug-likeness (QED) is 0.701. The van der Waals surface area contributed by atoms with E-state index in [9.17, 15) is 8.42 Å². The van der Waals surface area contributed by atoms with Crippen molar-refractivity contribution in [2.75, 3.05) is 4.72 Å². The van der Waals surface area contributed by atoms with Gasteiger partial charge in [0.15, 0.2) is 0 Å². The van der Waals surface area contributed by atoms with E-state index in [4.69, 9.17) is 23.2 Å². The number of hydrogen-bond acceptors (Lipinski definition) is 2. The Morgan fingerprint density at radius 1 is 1.05 bits per heavy atom. The van der Waals surface area contributed by atoms with Gasteiger partial charge in [-0.15, -0.1) is 0 Å². The molecule has 0 aliphatic carbocycles. The monoisotopic (exact) mass is 441 g/mol. The molecule has 0 aromatic heterocycles. The molecule has 0 bridgehead atoms. The molecule has 0 aliphatic rings. The molecule has 0 aliphatic heterocycles. The van der Waals surface area contributed by atoms with Crippen molar-refractivity contribution in [1.29, 1.82) is 0 Å². The summed E-state index contributed by atoms with van der Waals surface area (Å²) in [5, 5.41) is 0.539. The molecule has 0 unspecified atom stereocenters. The van der Waals surface area contributed by atoms with Crippen LogP contribution in [0.3, 0.4) is 0 Å². The minimum atomic E-state index is -3.69. The van der Waals surface area contributed by atoms with Gasteiger partial charge in [0, 0.05) is 9.26 Å². The largest absolute Gasteiger partial charge is 0.280 e. The zero-order valence-corrected chi connectivity index (χ0v) is 14.8. The van der Waals surface area contributed by atoms with E-state index in [0.717, 1.165) is 3.57 Å². The minimum Gasteiger partial charge on any atom is -0.280 e. The van der Waals surface area contributed by atoms with Crippen LogP contribution in [0.25, 0.3) is 0 Å². The van der Waals surface area contributed by atoms with Gasteiger partial charge >= 0.3 is 0 Å². The van der Waals surface area contributed by atoms with Crippen LogP contribution in [0.2, 0.25) is 10.0 Å². The summed E-state index contributed by atoms with van der Waals surface area (Å²) in [6.07, 6.45) is 0. The summed E-state index contributed by atoms with van der Waals surface area (Å²) in [6, 6.07) is 9.93. The predicted octanol–water partition coefficient (Wildman–Crippen LogP) is 4.71. The van der Waals surface area contributed by atoms with Crippen LogP contribution in [0.15, 0.2) is 41.3 Å². The Bertz CT molecular complexity index is 746. The van der Waals surface area contributed by atoms with Gasteiger partial charge in [0.1, 0.15) is 0 Å². The second-order valence-electron chi connectivity index (χ2n) is 4.14. The number of nitrogens with one attached hydrogen (secondary N) is 1. The highest BCUT2D eigenvalue weighted by molar-refractivity contribution is 14.1. The first-order valence-corrected chi connectivity index (χ1v) is 8.85. The zero-order chi connectivity index (χ0) is 14.9. The van der Waals surface area contributed by atoms with Crippen LogP contribution in [0.5, 0.6) is 0 Å². The zero-order valence-electron chi connectivity index (χ0n) is 10.3. The van der Waals surface area contributed by atoms with Crippen molar-refractivity contribution in [3.05, 3.63) is 55.6 Å². The number of halogens is 3. The average Bonchev–Trinajstić information content (AvgIpc) is 2.36. The van der Waals surface area contributed by atoms with Crippen LogP contribution < -0.4 is 4.72 Å². The molecule has 106 valence electrons. The Hall–Kier alpha value is -0.500. The molecule has 0 radical (unpaired) electrons. The second-order valence-corrected chi connectivity index (χ2v) is 7.86. The number of anilines is 1. The fraction of sp³-hybridized carbons (Fsp3) is 0.0769. The second kappa shape index (κ2) is 6.09. The molecule has 0 saturated heterocycles. The van der Waals surface area contributed by atoms with Crippen LogP contribution in [-0.2, 0) is 10.0 Å². The van der Waals surface area contributed by atoms with Gasteiger partial charge in [0.2, 0.25) is 0 Å². The number of rotatable bonds is 3. The lowest BCUT2D eigenvalue weighted by molar-refractivity contribution is 0.600. The lowest BCUT2D eigenvalue weighted by Gasteiger charge is -2.11. The van der Waals surface area contributed by atoms with E-state index >= 15 is 0 Å². The van der Waals surface area contributed by atoms with E-state index in [1.54, 1.807) is 19.1 Å². The van der Waals surface area contributed by atoms with Crippen molar-refractivity contribution >= 4 is 61.5 Å². The number of sulfonamides is 1. The molecule has 2 rings (SSSR count). The Morgan fingerprint density at radius 2 is 1.60 bits per heavy atom. The van der Waals surface area contributed by atoms with Gasteiger partial charge in [-0.05, 0) is 71.5 Å². The van der Waals surface area contributed by atoms with Gasteiger partial charge in [0.25, 0.3) is 10.0 Å². The van der Waals surface area contributed by atoms with Gasteiger partial charge in [-0.25, -0.2) is 8.42 Å². The molecule has 2 aromatic carbocycles. The molecule has 3 nitrogen and oxygen atoms in total. The molecule has 20 heavy (non-hydrogen) atoms.